The second kappa shape index (κ2) is 11.5. The van der Waals surface area contributed by atoms with Crippen LogP contribution in [0, 0.1) is 0 Å². The molecule has 9 aromatic carbocycles. The Morgan fingerprint density at radius 1 is 0.340 bits per heavy atom. The van der Waals surface area contributed by atoms with Gasteiger partial charge < -0.3 is 9.73 Å². The number of benzene rings is 9. The zero-order valence-electron chi connectivity index (χ0n) is 27.2. The molecule has 1 heterocycles. The lowest BCUT2D eigenvalue weighted by atomic mass is 9.95. The van der Waals surface area contributed by atoms with Gasteiger partial charge in [-0.15, -0.1) is 0 Å². The number of nitrogens with one attached hydrogen (secondary N) is 1. The Hall–Kier alpha value is -6.64. The summed E-state index contributed by atoms with van der Waals surface area (Å²) in [5, 5.41) is 13.3. The maximum absolute atomic E-state index is 6.79. The standard InChI is InChI=1S/C48H31NO/c1-2-10-34(11-3-1)43-18-9-19-44-46-42-16-7-5-13-36(42)30-45(48(46)50-47(43)44)49-39-26-24-31(25-27-39)35-22-20-32-21-23-37(29-38(32)28-35)41-17-8-14-33-12-4-6-15-40(33)41/h1-30,49H. The van der Waals surface area contributed by atoms with Crippen LogP contribution in [-0.2, 0) is 0 Å². The summed E-state index contributed by atoms with van der Waals surface area (Å²) in [5.41, 5.74) is 10.8. The van der Waals surface area contributed by atoms with Crippen molar-refractivity contribution >= 4 is 65.6 Å². The largest absolute Gasteiger partial charge is 0.453 e. The van der Waals surface area contributed by atoms with Gasteiger partial charge >= 0.3 is 0 Å². The van der Waals surface area contributed by atoms with Gasteiger partial charge in [-0.1, -0.05) is 152 Å². The average Bonchev–Trinajstić information content (AvgIpc) is 3.59. The summed E-state index contributed by atoms with van der Waals surface area (Å²) in [6, 6.07) is 65.1. The Bertz CT molecular complexity index is 2880. The molecule has 0 aliphatic carbocycles. The van der Waals surface area contributed by atoms with Gasteiger partial charge in [0.2, 0.25) is 0 Å². The third-order valence-corrected chi connectivity index (χ3v) is 10.0. The highest BCUT2D eigenvalue weighted by atomic mass is 16.3. The van der Waals surface area contributed by atoms with Crippen LogP contribution >= 0.6 is 0 Å². The second-order valence-corrected chi connectivity index (χ2v) is 13.0. The van der Waals surface area contributed by atoms with Crippen LogP contribution in [0.5, 0.6) is 0 Å². The van der Waals surface area contributed by atoms with Crippen LogP contribution in [0.25, 0.3) is 87.6 Å². The van der Waals surface area contributed by atoms with Crippen LogP contribution in [-0.4, -0.2) is 0 Å². The summed E-state index contributed by atoms with van der Waals surface area (Å²) in [7, 11) is 0. The van der Waals surface area contributed by atoms with Gasteiger partial charge in [0.15, 0.2) is 5.58 Å². The molecule has 0 amide bonds. The Labute approximate surface area is 289 Å². The Balaban J connectivity index is 1.02. The molecule has 10 rings (SSSR count). The normalized spacial score (nSPS) is 11.6. The molecule has 50 heavy (non-hydrogen) atoms. The number of furan rings is 1. The van der Waals surface area contributed by atoms with E-state index in [0.717, 1.165) is 44.4 Å². The van der Waals surface area contributed by atoms with Gasteiger partial charge in [0.25, 0.3) is 0 Å². The van der Waals surface area contributed by atoms with Gasteiger partial charge in [0, 0.05) is 22.0 Å². The molecule has 1 N–H and O–H groups in total. The molecule has 2 nitrogen and oxygen atoms in total. The zero-order valence-corrected chi connectivity index (χ0v) is 27.2. The molecular weight excluding hydrogens is 607 g/mol. The molecule has 0 saturated heterocycles. The smallest absolute Gasteiger partial charge is 0.159 e. The third-order valence-electron chi connectivity index (χ3n) is 10.0. The van der Waals surface area contributed by atoms with Crippen molar-refractivity contribution in [3.05, 3.63) is 182 Å². The molecule has 0 aliphatic rings. The maximum atomic E-state index is 6.79. The van der Waals surface area contributed by atoms with Crippen LogP contribution in [0.2, 0.25) is 0 Å². The first-order chi connectivity index (χ1) is 24.8. The summed E-state index contributed by atoms with van der Waals surface area (Å²) in [6.45, 7) is 0. The number of rotatable bonds is 5. The Morgan fingerprint density at radius 2 is 0.980 bits per heavy atom. The molecule has 234 valence electrons. The maximum Gasteiger partial charge on any atom is 0.159 e. The predicted octanol–water partition coefficient (Wildman–Crippen LogP) is 13.8. The van der Waals surface area contributed by atoms with Gasteiger partial charge in [-0.05, 0) is 90.5 Å². The fourth-order valence-corrected chi connectivity index (χ4v) is 7.56. The third kappa shape index (κ3) is 4.73. The van der Waals surface area contributed by atoms with E-state index in [1.807, 2.05) is 6.07 Å². The molecule has 0 radical (unpaired) electrons. The summed E-state index contributed by atoms with van der Waals surface area (Å²) in [5.74, 6) is 0. The lowest BCUT2D eigenvalue weighted by molar-refractivity contribution is 0.671. The minimum Gasteiger partial charge on any atom is -0.453 e. The van der Waals surface area contributed by atoms with Crippen LogP contribution in [0.3, 0.4) is 0 Å². The van der Waals surface area contributed by atoms with Crippen molar-refractivity contribution in [3.8, 4) is 33.4 Å². The number of hydrogen-bond donors (Lipinski definition) is 1. The first-order valence-corrected chi connectivity index (χ1v) is 17.1. The van der Waals surface area contributed by atoms with Crippen molar-refractivity contribution in [1.29, 1.82) is 0 Å². The van der Waals surface area contributed by atoms with Crippen molar-refractivity contribution in [2.24, 2.45) is 0 Å². The van der Waals surface area contributed by atoms with Gasteiger partial charge in [-0.2, -0.15) is 0 Å². The monoisotopic (exact) mass is 637 g/mol. The van der Waals surface area contributed by atoms with Crippen molar-refractivity contribution in [2.45, 2.75) is 0 Å². The van der Waals surface area contributed by atoms with Crippen LogP contribution in [0.4, 0.5) is 11.4 Å². The Morgan fingerprint density at radius 3 is 1.84 bits per heavy atom. The van der Waals surface area contributed by atoms with Crippen molar-refractivity contribution in [2.75, 3.05) is 5.32 Å². The van der Waals surface area contributed by atoms with Crippen LogP contribution < -0.4 is 5.32 Å². The second-order valence-electron chi connectivity index (χ2n) is 13.0. The van der Waals surface area contributed by atoms with E-state index in [9.17, 15) is 0 Å². The zero-order chi connectivity index (χ0) is 33.0. The summed E-state index contributed by atoms with van der Waals surface area (Å²) < 4.78 is 6.79. The lowest BCUT2D eigenvalue weighted by Crippen LogP contribution is -1.91. The fourth-order valence-electron chi connectivity index (χ4n) is 7.56. The molecule has 10 aromatic rings. The van der Waals surface area contributed by atoms with E-state index >= 15 is 0 Å². The molecule has 2 heteroatoms. The molecule has 0 fully saturated rings. The Kier molecular flexibility index (Phi) is 6.53. The van der Waals surface area contributed by atoms with Gasteiger partial charge in [-0.25, -0.2) is 0 Å². The highest BCUT2D eigenvalue weighted by molar-refractivity contribution is 6.24. The minimum absolute atomic E-state index is 0.864. The SMILES string of the molecule is c1ccc(-c2cccc3c2oc2c(Nc4ccc(-c5ccc6ccc(-c7cccc8ccccc78)cc6c5)cc4)cc4ccccc4c23)cc1. The first kappa shape index (κ1) is 28.4. The molecule has 0 saturated carbocycles. The van der Waals surface area contributed by atoms with Gasteiger partial charge in [0.05, 0.1) is 5.69 Å². The molecule has 0 unspecified atom stereocenters. The fraction of sp³-hybridized carbons (Fsp3) is 0. The number of anilines is 2. The molecule has 1 aromatic heterocycles. The van der Waals surface area contributed by atoms with E-state index in [1.165, 1.54) is 54.6 Å². The van der Waals surface area contributed by atoms with Crippen molar-refractivity contribution in [1.82, 2.24) is 0 Å². The summed E-state index contributed by atoms with van der Waals surface area (Å²) in [4.78, 5) is 0. The molecule has 0 spiro atoms. The van der Waals surface area contributed by atoms with E-state index in [-0.39, 0.29) is 0 Å². The number of fused-ring (bicyclic) bond motifs is 7. The highest BCUT2D eigenvalue weighted by Crippen LogP contribution is 2.43. The van der Waals surface area contributed by atoms with Gasteiger partial charge in [-0.3, -0.25) is 0 Å². The topological polar surface area (TPSA) is 25.2 Å². The minimum atomic E-state index is 0.864. The van der Waals surface area contributed by atoms with E-state index in [4.69, 9.17) is 4.42 Å². The van der Waals surface area contributed by atoms with E-state index in [0.29, 0.717) is 0 Å². The van der Waals surface area contributed by atoms with Crippen LogP contribution in [0.15, 0.2) is 186 Å². The van der Waals surface area contributed by atoms with Crippen molar-refractivity contribution < 1.29 is 4.42 Å². The number of hydrogen-bond acceptors (Lipinski definition) is 2. The number of para-hydroxylation sites is 1. The van der Waals surface area contributed by atoms with Crippen LogP contribution in [0.1, 0.15) is 0 Å². The molecule has 0 aliphatic heterocycles. The van der Waals surface area contributed by atoms with E-state index in [1.54, 1.807) is 0 Å². The van der Waals surface area contributed by atoms with E-state index < -0.39 is 0 Å². The average molecular weight is 638 g/mol. The van der Waals surface area contributed by atoms with Gasteiger partial charge in [0.1, 0.15) is 5.58 Å². The predicted molar refractivity (Wildman–Crippen MR) is 212 cm³/mol. The summed E-state index contributed by atoms with van der Waals surface area (Å²) in [6.07, 6.45) is 0. The quantitative estimate of drug-likeness (QED) is 0.203. The first-order valence-electron chi connectivity index (χ1n) is 17.1. The van der Waals surface area contributed by atoms with Crippen molar-refractivity contribution in [3.63, 3.8) is 0 Å². The highest BCUT2D eigenvalue weighted by Gasteiger charge is 2.18. The van der Waals surface area contributed by atoms with E-state index in [2.05, 4.69) is 181 Å². The molecule has 0 bridgehead atoms. The molecular formula is C48H31NO. The summed E-state index contributed by atoms with van der Waals surface area (Å²) >= 11 is 0. The lowest BCUT2D eigenvalue weighted by Gasteiger charge is -2.11. The molecule has 0 atom stereocenters.